The van der Waals surface area contributed by atoms with Crippen LogP contribution in [0.4, 0.5) is 17.6 Å². The normalized spacial score (nSPS) is 18.8. The number of benzene rings is 2. The summed E-state index contributed by atoms with van der Waals surface area (Å²) < 4.78 is 60.8. The molecule has 1 aliphatic rings. The van der Waals surface area contributed by atoms with Crippen molar-refractivity contribution >= 4 is 5.91 Å². The number of ether oxygens (including phenoxy) is 1. The lowest BCUT2D eigenvalue weighted by Gasteiger charge is -2.45. The summed E-state index contributed by atoms with van der Waals surface area (Å²) in [5.74, 6) is -1.08. The van der Waals surface area contributed by atoms with Gasteiger partial charge in [-0.15, -0.1) is 0 Å². The first kappa shape index (κ1) is 23.7. The zero-order valence-electron chi connectivity index (χ0n) is 18.6. The Kier molecular flexibility index (Phi) is 6.54. The van der Waals surface area contributed by atoms with Crippen molar-refractivity contribution in [2.75, 3.05) is 13.2 Å². The molecular weight excluding hydrogens is 450 g/mol. The average molecular weight is 473 g/mol. The Morgan fingerprint density at radius 3 is 2.44 bits per heavy atom. The van der Waals surface area contributed by atoms with E-state index in [1.54, 1.807) is 26.0 Å². The molecule has 1 saturated heterocycles. The van der Waals surface area contributed by atoms with Crippen LogP contribution in [0.5, 0.6) is 5.75 Å². The van der Waals surface area contributed by atoms with E-state index in [1.807, 2.05) is 0 Å². The summed E-state index contributed by atoms with van der Waals surface area (Å²) in [6.07, 6.45) is -4.09. The van der Waals surface area contributed by atoms with Gasteiger partial charge in [0.15, 0.2) is 0 Å². The number of nitrogens with zero attached hydrogens (tertiary/aromatic N) is 3. The molecule has 1 unspecified atom stereocenters. The second kappa shape index (κ2) is 9.40. The van der Waals surface area contributed by atoms with Crippen LogP contribution in [0.15, 0.2) is 60.9 Å². The topological polar surface area (TPSA) is 55.3 Å². The molecule has 9 heteroatoms. The fourth-order valence-corrected chi connectivity index (χ4v) is 4.08. The monoisotopic (exact) mass is 473 g/mol. The lowest BCUT2D eigenvalue weighted by molar-refractivity contribution is -0.198. The van der Waals surface area contributed by atoms with E-state index in [-0.39, 0.29) is 29.3 Å². The molecule has 0 aliphatic carbocycles. The number of aryl methyl sites for hydroxylation is 1. The van der Waals surface area contributed by atoms with Crippen LogP contribution in [0.3, 0.4) is 0 Å². The van der Waals surface area contributed by atoms with Gasteiger partial charge in [0, 0.05) is 42.0 Å². The molecule has 5 nitrogen and oxygen atoms in total. The van der Waals surface area contributed by atoms with E-state index in [2.05, 4.69) is 9.97 Å². The molecule has 2 aromatic carbocycles. The second-order valence-corrected chi connectivity index (χ2v) is 8.23. The van der Waals surface area contributed by atoms with E-state index in [9.17, 15) is 22.4 Å². The maximum absolute atomic E-state index is 14.0. The average Bonchev–Trinajstić information content (AvgIpc) is 2.81. The molecule has 1 aliphatic heterocycles. The van der Waals surface area contributed by atoms with Crippen LogP contribution in [0.25, 0.3) is 11.3 Å². The third-order valence-corrected chi connectivity index (χ3v) is 6.08. The standard InChI is InChI=1S/C25H23F4N3O2/c1-15-22(31-12-11-30-15)19-9-6-10-20(21(19)24(33)32-14-18(13-26)16(32)2)34-23(25(27,28)29)17-7-4-3-5-8-17/h3-12,16,18,23H,13-14H2,1-2H3/t16-,18-,23?/m0/s1. The maximum atomic E-state index is 14.0. The van der Waals surface area contributed by atoms with Gasteiger partial charge in [-0.1, -0.05) is 42.5 Å². The number of likely N-dealkylation sites (tertiary alicyclic amines) is 1. The van der Waals surface area contributed by atoms with Crippen LogP contribution in [0.2, 0.25) is 0 Å². The molecule has 178 valence electrons. The van der Waals surface area contributed by atoms with Crippen molar-refractivity contribution in [2.45, 2.75) is 32.2 Å². The van der Waals surface area contributed by atoms with Gasteiger partial charge in [0.1, 0.15) is 5.75 Å². The fourth-order valence-electron chi connectivity index (χ4n) is 4.08. The van der Waals surface area contributed by atoms with Gasteiger partial charge >= 0.3 is 6.18 Å². The minimum atomic E-state index is -4.73. The number of hydrogen-bond donors (Lipinski definition) is 0. The highest BCUT2D eigenvalue weighted by molar-refractivity contribution is 6.04. The summed E-state index contributed by atoms with van der Waals surface area (Å²) >= 11 is 0. The van der Waals surface area contributed by atoms with Gasteiger partial charge in [-0.05, 0) is 19.9 Å². The van der Waals surface area contributed by atoms with Gasteiger partial charge in [-0.3, -0.25) is 19.2 Å². The Balaban J connectivity index is 1.83. The highest BCUT2D eigenvalue weighted by Crippen LogP contribution is 2.41. The van der Waals surface area contributed by atoms with Gasteiger partial charge < -0.3 is 9.64 Å². The molecule has 34 heavy (non-hydrogen) atoms. The Morgan fingerprint density at radius 1 is 1.12 bits per heavy atom. The van der Waals surface area contributed by atoms with Crippen LogP contribution >= 0.6 is 0 Å². The quantitative estimate of drug-likeness (QED) is 0.440. The third-order valence-electron chi connectivity index (χ3n) is 6.08. The maximum Gasteiger partial charge on any atom is 0.429 e. The van der Waals surface area contributed by atoms with Crippen LogP contribution in [-0.4, -0.2) is 46.2 Å². The fraction of sp³-hybridized carbons (Fsp3) is 0.320. The van der Waals surface area contributed by atoms with Crippen molar-refractivity contribution in [3.05, 3.63) is 77.7 Å². The lowest BCUT2D eigenvalue weighted by atomic mass is 9.89. The van der Waals surface area contributed by atoms with E-state index >= 15 is 0 Å². The number of carbonyl (C=O) groups is 1. The number of halogens is 4. The third kappa shape index (κ3) is 4.47. The van der Waals surface area contributed by atoms with E-state index in [1.165, 1.54) is 53.7 Å². The molecule has 0 N–H and O–H groups in total. The number of alkyl halides is 4. The van der Waals surface area contributed by atoms with Gasteiger partial charge in [-0.2, -0.15) is 13.2 Å². The Morgan fingerprint density at radius 2 is 1.82 bits per heavy atom. The van der Waals surface area contributed by atoms with Gasteiger partial charge in [0.05, 0.1) is 23.6 Å². The van der Waals surface area contributed by atoms with Crippen molar-refractivity contribution in [3.8, 4) is 17.0 Å². The first-order chi connectivity index (χ1) is 16.2. The van der Waals surface area contributed by atoms with Crippen molar-refractivity contribution in [2.24, 2.45) is 5.92 Å². The number of hydrogen-bond acceptors (Lipinski definition) is 4. The number of amides is 1. The summed E-state index contributed by atoms with van der Waals surface area (Å²) in [6.45, 7) is 3.00. The molecule has 1 aromatic heterocycles. The number of rotatable bonds is 6. The molecule has 0 saturated carbocycles. The predicted molar refractivity (Wildman–Crippen MR) is 118 cm³/mol. The molecule has 1 amide bonds. The Hall–Kier alpha value is -3.49. The number of aromatic nitrogens is 2. The van der Waals surface area contributed by atoms with Crippen molar-refractivity contribution in [3.63, 3.8) is 0 Å². The summed E-state index contributed by atoms with van der Waals surface area (Å²) in [7, 11) is 0. The minimum Gasteiger partial charge on any atom is -0.475 e. The summed E-state index contributed by atoms with van der Waals surface area (Å²) in [5, 5.41) is 0. The SMILES string of the molecule is Cc1nccnc1-c1cccc(OC(c2ccccc2)C(F)(F)F)c1C(=O)N1C[C@H](CF)[C@@H]1C. The smallest absolute Gasteiger partial charge is 0.429 e. The molecule has 3 atom stereocenters. The summed E-state index contributed by atoms with van der Waals surface area (Å²) in [6, 6.07) is 11.3. The zero-order valence-corrected chi connectivity index (χ0v) is 18.6. The van der Waals surface area contributed by atoms with Crippen molar-refractivity contribution < 1.29 is 27.1 Å². The molecular formula is C25H23F4N3O2. The molecule has 0 spiro atoms. The molecule has 3 aromatic rings. The first-order valence-electron chi connectivity index (χ1n) is 10.8. The van der Waals surface area contributed by atoms with E-state index in [4.69, 9.17) is 4.74 Å². The highest BCUT2D eigenvalue weighted by atomic mass is 19.4. The molecule has 1 fully saturated rings. The van der Waals surface area contributed by atoms with E-state index in [0.29, 0.717) is 17.0 Å². The van der Waals surface area contributed by atoms with Crippen molar-refractivity contribution in [1.82, 2.24) is 14.9 Å². The van der Waals surface area contributed by atoms with Crippen molar-refractivity contribution in [1.29, 1.82) is 0 Å². The minimum absolute atomic E-state index is 0.0551. The van der Waals surface area contributed by atoms with E-state index < -0.39 is 30.9 Å². The van der Waals surface area contributed by atoms with Crippen LogP contribution in [0.1, 0.15) is 34.6 Å². The first-order valence-corrected chi connectivity index (χ1v) is 10.8. The van der Waals surface area contributed by atoms with Crippen LogP contribution in [0, 0.1) is 12.8 Å². The van der Waals surface area contributed by atoms with Gasteiger partial charge in [-0.25, -0.2) is 0 Å². The zero-order chi connectivity index (χ0) is 24.5. The molecule has 0 bridgehead atoms. The molecule has 0 radical (unpaired) electrons. The van der Waals surface area contributed by atoms with Crippen LogP contribution < -0.4 is 4.74 Å². The number of carbonyl (C=O) groups excluding carboxylic acids is 1. The predicted octanol–water partition coefficient (Wildman–Crippen LogP) is 5.56. The largest absolute Gasteiger partial charge is 0.475 e. The van der Waals surface area contributed by atoms with Gasteiger partial charge in [0.25, 0.3) is 5.91 Å². The Labute approximate surface area is 194 Å². The lowest BCUT2D eigenvalue weighted by Crippen LogP contribution is -2.58. The van der Waals surface area contributed by atoms with Gasteiger partial charge in [0.2, 0.25) is 6.10 Å². The summed E-state index contributed by atoms with van der Waals surface area (Å²) in [5.41, 5.74) is 1.01. The Bertz CT molecular complexity index is 1170. The van der Waals surface area contributed by atoms with Crippen LogP contribution in [-0.2, 0) is 0 Å². The molecule has 4 rings (SSSR count). The molecule has 2 heterocycles. The van der Waals surface area contributed by atoms with E-state index in [0.717, 1.165) is 0 Å². The second-order valence-electron chi connectivity index (χ2n) is 8.23. The highest BCUT2D eigenvalue weighted by Gasteiger charge is 2.45. The summed E-state index contributed by atoms with van der Waals surface area (Å²) in [4.78, 5) is 23.5.